The number of hydrogen-bond acceptors (Lipinski definition) is 2. The predicted molar refractivity (Wildman–Crippen MR) is 60.0 cm³/mol. The molecule has 0 bridgehead atoms. The van der Waals surface area contributed by atoms with Gasteiger partial charge in [0.05, 0.1) is 6.54 Å². The highest BCUT2D eigenvalue weighted by atomic mass is 16.4. The van der Waals surface area contributed by atoms with Gasteiger partial charge >= 0.3 is 5.97 Å². The van der Waals surface area contributed by atoms with Crippen molar-refractivity contribution in [2.24, 2.45) is 0 Å². The Balaban J connectivity index is 2.17. The van der Waals surface area contributed by atoms with Crippen LogP contribution in [0.15, 0.2) is 24.3 Å². The number of hydrogen-bond donors (Lipinski definition) is 2. The van der Waals surface area contributed by atoms with Crippen molar-refractivity contribution < 1.29 is 9.90 Å². The van der Waals surface area contributed by atoms with Crippen LogP contribution in [0.1, 0.15) is 17.5 Å². The lowest BCUT2D eigenvalue weighted by Crippen LogP contribution is -2.23. The van der Waals surface area contributed by atoms with Crippen LogP contribution in [0.3, 0.4) is 0 Å². The SMILES string of the molecule is Cc1cccc(CCCNCC(=O)O)c1. The summed E-state index contributed by atoms with van der Waals surface area (Å²) in [7, 11) is 0. The Bertz CT molecular complexity index is 323. The Morgan fingerprint density at radius 1 is 1.47 bits per heavy atom. The van der Waals surface area contributed by atoms with Gasteiger partial charge in [-0.2, -0.15) is 0 Å². The van der Waals surface area contributed by atoms with Crippen molar-refractivity contribution in [1.82, 2.24) is 5.32 Å². The van der Waals surface area contributed by atoms with E-state index < -0.39 is 5.97 Å². The summed E-state index contributed by atoms with van der Waals surface area (Å²) < 4.78 is 0. The molecule has 0 aliphatic rings. The first-order valence-corrected chi connectivity index (χ1v) is 5.16. The number of carbonyl (C=O) groups is 1. The second-order valence-corrected chi connectivity index (χ2v) is 3.66. The van der Waals surface area contributed by atoms with E-state index >= 15 is 0 Å². The Morgan fingerprint density at radius 3 is 2.93 bits per heavy atom. The summed E-state index contributed by atoms with van der Waals surface area (Å²) in [6, 6.07) is 8.39. The monoisotopic (exact) mass is 207 g/mol. The zero-order valence-electron chi connectivity index (χ0n) is 8.99. The van der Waals surface area contributed by atoms with Crippen molar-refractivity contribution in [2.45, 2.75) is 19.8 Å². The van der Waals surface area contributed by atoms with Gasteiger partial charge in [-0.05, 0) is 31.9 Å². The van der Waals surface area contributed by atoms with Crippen LogP contribution in [-0.2, 0) is 11.2 Å². The number of benzene rings is 1. The van der Waals surface area contributed by atoms with E-state index in [1.807, 2.05) is 0 Å². The Labute approximate surface area is 90.1 Å². The van der Waals surface area contributed by atoms with E-state index in [-0.39, 0.29) is 6.54 Å². The van der Waals surface area contributed by atoms with Gasteiger partial charge in [0.1, 0.15) is 0 Å². The van der Waals surface area contributed by atoms with Crippen molar-refractivity contribution in [1.29, 1.82) is 0 Å². The predicted octanol–water partition coefficient (Wildman–Crippen LogP) is 1.60. The van der Waals surface area contributed by atoms with Crippen LogP contribution in [0, 0.1) is 6.92 Å². The van der Waals surface area contributed by atoms with Gasteiger partial charge in [0.15, 0.2) is 0 Å². The van der Waals surface area contributed by atoms with Gasteiger partial charge in [0, 0.05) is 0 Å². The van der Waals surface area contributed by atoms with Gasteiger partial charge in [-0.15, -0.1) is 0 Å². The zero-order chi connectivity index (χ0) is 11.1. The molecule has 3 nitrogen and oxygen atoms in total. The molecule has 0 fully saturated rings. The molecule has 0 amide bonds. The van der Waals surface area contributed by atoms with E-state index in [9.17, 15) is 4.79 Å². The molecular weight excluding hydrogens is 190 g/mol. The summed E-state index contributed by atoms with van der Waals surface area (Å²) in [6.45, 7) is 2.88. The van der Waals surface area contributed by atoms with Gasteiger partial charge in [-0.1, -0.05) is 29.8 Å². The standard InChI is InChI=1S/C12H17NO2/c1-10-4-2-5-11(8-10)6-3-7-13-9-12(14)15/h2,4-5,8,13H,3,6-7,9H2,1H3,(H,14,15). The van der Waals surface area contributed by atoms with Crippen LogP contribution in [0.25, 0.3) is 0 Å². The molecule has 15 heavy (non-hydrogen) atoms. The van der Waals surface area contributed by atoms with Crippen LogP contribution in [0.5, 0.6) is 0 Å². The fraction of sp³-hybridized carbons (Fsp3) is 0.417. The number of carboxylic acid groups (broad SMARTS) is 1. The Morgan fingerprint density at radius 2 is 2.27 bits per heavy atom. The highest BCUT2D eigenvalue weighted by molar-refractivity contribution is 5.68. The molecule has 1 aromatic carbocycles. The molecule has 0 radical (unpaired) electrons. The fourth-order valence-corrected chi connectivity index (χ4v) is 1.48. The quantitative estimate of drug-likeness (QED) is 0.697. The topological polar surface area (TPSA) is 49.3 Å². The molecular formula is C12H17NO2. The van der Waals surface area contributed by atoms with Crippen molar-refractivity contribution in [2.75, 3.05) is 13.1 Å². The summed E-state index contributed by atoms with van der Waals surface area (Å²) >= 11 is 0. The highest BCUT2D eigenvalue weighted by Crippen LogP contribution is 2.05. The number of rotatable bonds is 6. The maximum absolute atomic E-state index is 10.2. The summed E-state index contributed by atoms with van der Waals surface area (Å²) in [4.78, 5) is 10.2. The van der Waals surface area contributed by atoms with Gasteiger partial charge in [0.2, 0.25) is 0 Å². The second kappa shape index (κ2) is 6.19. The lowest BCUT2D eigenvalue weighted by molar-refractivity contribution is -0.135. The van der Waals surface area contributed by atoms with E-state index in [4.69, 9.17) is 5.11 Å². The lowest BCUT2D eigenvalue weighted by atomic mass is 10.1. The zero-order valence-corrected chi connectivity index (χ0v) is 8.99. The molecule has 1 aromatic rings. The van der Waals surface area contributed by atoms with E-state index in [0.717, 1.165) is 19.4 Å². The molecule has 0 aliphatic carbocycles. The minimum atomic E-state index is -0.800. The summed E-state index contributed by atoms with van der Waals surface area (Å²) in [5.74, 6) is -0.800. The van der Waals surface area contributed by atoms with Crippen LogP contribution in [0.2, 0.25) is 0 Å². The van der Waals surface area contributed by atoms with E-state index in [1.165, 1.54) is 11.1 Å². The van der Waals surface area contributed by atoms with E-state index in [1.54, 1.807) is 0 Å². The van der Waals surface area contributed by atoms with E-state index in [2.05, 4.69) is 36.5 Å². The van der Waals surface area contributed by atoms with Crippen molar-refractivity contribution >= 4 is 5.97 Å². The normalized spacial score (nSPS) is 10.2. The van der Waals surface area contributed by atoms with Crippen LogP contribution < -0.4 is 5.32 Å². The number of aryl methyl sites for hydroxylation is 2. The minimum absolute atomic E-state index is 0.0494. The largest absolute Gasteiger partial charge is 0.480 e. The molecule has 3 heteroatoms. The fourth-order valence-electron chi connectivity index (χ4n) is 1.48. The average Bonchev–Trinajstić information content (AvgIpc) is 2.17. The molecule has 0 aliphatic heterocycles. The van der Waals surface area contributed by atoms with Crippen LogP contribution in [-0.4, -0.2) is 24.2 Å². The molecule has 0 saturated carbocycles. The molecule has 0 heterocycles. The lowest BCUT2D eigenvalue weighted by Gasteiger charge is -2.03. The minimum Gasteiger partial charge on any atom is -0.480 e. The Hall–Kier alpha value is -1.35. The first kappa shape index (κ1) is 11.7. The third-order valence-electron chi connectivity index (χ3n) is 2.18. The maximum Gasteiger partial charge on any atom is 0.317 e. The summed E-state index contributed by atoms with van der Waals surface area (Å²) in [5.41, 5.74) is 2.58. The van der Waals surface area contributed by atoms with Crippen molar-refractivity contribution in [3.63, 3.8) is 0 Å². The molecule has 82 valence electrons. The first-order valence-electron chi connectivity index (χ1n) is 5.16. The van der Waals surface area contributed by atoms with Gasteiger partial charge < -0.3 is 10.4 Å². The Kier molecular flexibility index (Phi) is 4.84. The molecule has 0 saturated heterocycles. The third-order valence-corrected chi connectivity index (χ3v) is 2.18. The summed E-state index contributed by atoms with van der Waals surface area (Å²) in [5, 5.41) is 11.3. The molecule has 0 aromatic heterocycles. The van der Waals surface area contributed by atoms with Crippen LogP contribution >= 0.6 is 0 Å². The third kappa shape index (κ3) is 5.18. The smallest absolute Gasteiger partial charge is 0.317 e. The van der Waals surface area contributed by atoms with Crippen molar-refractivity contribution in [3.8, 4) is 0 Å². The van der Waals surface area contributed by atoms with Gasteiger partial charge in [0.25, 0.3) is 0 Å². The van der Waals surface area contributed by atoms with Gasteiger partial charge in [-0.25, -0.2) is 0 Å². The number of carboxylic acids is 1. The summed E-state index contributed by atoms with van der Waals surface area (Å²) in [6.07, 6.45) is 1.96. The molecule has 0 spiro atoms. The number of nitrogens with one attached hydrogen (secondary N) is 1. The molecule has 0 atom stereocenters. The number of aliphatic carboxylic acids is 1. The molecule has 1 rings (SSSR count). The second-order valence-electron chi connectivity index (χ2n) is 3.66. The van der Waals surface area contributed by atoms with Gasteiger partial charge in [-0.3, -0.25) is 4.79 Å². The van der Waals surface area contributed by atoms with Crippen LogP contribution in [0.4, 0.5) is 0 Å². The average molecular weight is 207 g/mol. The highest BCUT2D eigenvalue weighted by Gasteiger charge is 1.96. The van der Waals surface area contributed by atoms with E-state index in [0.29, 0.717) is 0 Å². The first-order chi connectivity index (χ1) is 7.18. The molecule has 0 unspecified atom stereocenters. The molecule has 2 N–H and O–H groups in total. The maximum atomic E-state index is 10.2. The van der Waals surface area contributed by atoms with Crippen molar-refractivity contribution in [3.05, 3.63) is 35.4 Å².